The van der Waals surface area contributed by atoms with Crippen LogP contribution in [0.1, 0.15) is 41.5 Å². The molecule has 80 valence electrons. The van der Waals surface area contributed by atoms with Gasteiger partial charge in [-0.3, -0.25) is 0 Å². The average molecular weight is 190 g/mol. The number of ether oxygens (including phenoxy) is 1. The molecular formula is C10H22O3. The Hall–Kier alpha value is -0.120. The van der Waals surface area contributed by atoms with Crippen molar-refractivity contribution in [1.82, 2.24) is 0 Å². The zero-order chi connectivity index (χ0) is 10.5. The van der Waals surface area contributed by atoms with Crippen LogP contribution in [0.3, 0.4) is 0 Å². The van der Waals surface area contributed by atoms with E-state index in [4.69, 9.17) is 14.5 Å². The Morgan fingerprint density at radius 2 is 1.62 bits per heavy atom. The lowest BCUT2D eigenvalue weighted by Crippen LogP contribution is -2.25. The minimum atomic E-state index is -0.304. The highest BCUT2D eigenvalue weighted by Crippen LogP contribution is 2.09. The van der Waals surface area contributed by atoms with E-state index < -0.39 is 0 Å². The first kappa shape index (κ1) is 12.9. The fourth-order valence-corrected chi connectivity index (χ4v) is 0.568. The van der Waals surface area contributed by atoms with Crippen molar-refractivity contribution in [2.45, 2.75) is 53.4 Å². The summed E-state index contributed by atoms with van der Waals surface area (Å²) in [6.45, 7) is 12.5. The third-order valence-corrected chi connectivity index (χ3v) is 1.10. The van der Waals surface area contributed by atoms with Crippen molar-refractivity contribution in [3.63, 3.8) is 0 Å². The van der Waals surface area contributed by atoms with Crippen molar-refractivity contribution >= 4 is 0 Å². The van der Waals surface area contributed by atoms with E-state index in [-0.39, 0.29) is 11.9 Å². The van der Waals surface area contributed by atoms with E-state index in [1.165, 1.54) is 0 Å². The second-order valence-corrected chi connectivity index (χ2v) is 4.59. The molecule has 0 aliphatic heterocycles. The molecule has 1 unspecified atom stereocenters. The summed E-state index contributed by atoms with van der Waals surface area (Å²) in [7, 11) is 0. The number of hydrogen-bond acceptors (Lipinski definition) is 3. The standard InChI is InChI=1S/C10H22O3/c1-8(2)7-11-9(3)12-13-10(4,5)6/h8-9H,7H2,1-6H3. The molecule has 0 aromatic heterocycles. The van der Waals surface area contributed by atoms with Gasteiger partial charge in [0.1, 0.15) is 0 Å². The summed E-state index contributed by atoms with van der Waals surface area (Å²) in [5.74, 6) is 0.515. The molecule has 0 spiro atoms. The van der Waals surface area contributed by atoms with Gasteiger partial charge in [0.2, 0.25) is 0 Å². The highest BCUT2D eigenvalue weighted by molar-refractivity contribution is 4.54. The quantitative estimate of drug-likeness (QED) is 0.379. The summed E-state index contributed by atoms with van der Waals surface area (Å²) < 4.78 is 5.35. The second-order valence-electron chi connectivity index (χ2n) is 4.59. The van der Waals surface area contributed by atoms with E-state index in [0.717, 1.165) is 0 Å². The first-order chi connectivity index (χ1) is 5.81. The minimum Gasteiger partial charge on any atom is -0.350 e. The van der Waals surface area contributed by atoms with Crippen molar-refractivity contribution in [2.24, 2.45) is 5.92 Å². The Morgan fingerprint density at radius 1 is 1.08 bits per heavy atom. The van der Waals surface area contributed by atoms with Crippen LogP contribution >= 0.6 is 0 Å². The molecule has 3 heteroatoms. The number of rotatable bonds is 5. The van der Waals surface area contributed by atoms with Gasteiger partial charge in [-0.15, -0.1) is 0 Å². The Bertz CT molecular complexity index is 127. The molecule has 0 heterocycles. The topological polar surface area (TPSA) is 27.7 Å². The van der Waals surface area contributed by atoms with E-state index in [0.29, 0.717) is 12.5 Å². The summed E-state index contributed by atoms with van der Waals surface area (Å²) >= 11 is 0. The van der Waals surface area contributed by atoms with Gasteiger partial charge < -0.3 is 4.74 Å². The monoisotopic (exact) mass is 190 g/mol. The first-order valence-corrected chi connectivity index (χ1v) is 4.77. The van der Waals surface area contributed by atoms with E-state index in [2.05, 4.69) is 13.8 Å². The lowest BCUT2D eigenvalue weighted by atomic mass is 10.2. The Kier molecular flexibility index (Phi) is 5.53. The molecule has 0 aromatic carbocycles. The molecule has 0 fully saturated rings. The Balaban J connectivity index is 3.46. The molecule has 0 aromatic rings. The maximum absolute atomic E-state index is 5.35. The highest BCUT2D eigenvalue weighted by atomic mass is 17.2. The summed E-state index contributed by atoms with van der Waals surface area (Å²) in [6.07, 6.45) is -0.304. The third kappa shape index (κ3) is 9.80. The molecule has 0 saturated carbocycles. The van der Waals surface area contributed by atoms with Crippen LogP contribution in [0, 0.1) is 5.92 Å². The fourth-order valence-electron chi connectivity index (χ4n) is 0.568. The Morgan fingerprint density at radius 3 is 2.00 bits per heavy atom. The van der Waals surface area contributed by atoms with Crippen LogP contribution in [-0.2, 0) is 14.5 Å². The number of hydrogen-bond donors (Lipinski definition) is 0. The maximum Gasteiger partial charge on any atom is 0.188 e. The lowest BCUT2D eigenvalue weighted by molar-refractivity contribution is -0.412. The largest absolute Gasteiger partial charge is 0.350 e. The molecule has 0 saturated heterocycles. The van der Waals surface area contributed by atoms with Crippen LogP contribution in [0.25, 0.3) is 0 Å². The summed E-state index contributed by atoms with van der Waals surface area (Å²) in [5, 5.41) is 0. The van der Waals surface area contributed by atoms with Gasteiger partial charge in [-0.1, -0.05) is 13.8 Å². The van der Waals surface area contributed by atoms with Crippen molar-refractivity contribution in [3.05, 3.63) is 0 Å². The first-order valence-electron chi connectivity index (χ1n) is 4.77. The van der Waals surface area contributed by atoms with Crippen LogP contribution in [0.2, 0.25) is 0 Å². The normalized spacial score (nSPS) is 15.0. The molecule has 0 amide bonds. The Labute approximate surface area is 81.3 Å². The minimum absolute atomic E-state index is 0.282. The van der Waals surface area contributed by atoms with Gasteiger partial charge in [0.05, 0.1) is 12.2 Å². The van der Waals surface area contributed by atoms with Gasteiger partial charge in [0, 0.05) is 0 Å². The smallest absolute Gasteiger partial charge is 0.188 e. The van der Waals surface area contributed by atoms with Crippen molar-refractivity contribution in [2.75, 3.05) is 6.61 Å². The SMILES string of the molecule is CC(C)COC(C)OOC(C)(C)C. The summed E-state index contributed by atoms with van der Waals surface area (Å²) in [4.78, 5) is 10.1. The average Bonchev–Trinajstić information content (AvgIpc) is 1.95. The van der Waals surface area contributed by atoms with Gasteiger partial charge >= 0.3 is 0 Å². The second kappa shape index (κ2) is 5.58. The molecule has 0 radical (unpaired) electrons. The molecule has 13 heavy (non-hydrogen) atoms. The predicted octanol–water partition coefficient (Wildman–Crippen LogP) is 2.75. The van der Waals surface area contributed by atoms with Gasteiger partial charge in [-0.25, -0.2) is 9.78 Å². The van der Waals surface area contributed by atoms with Crippen LogP contribution in [-0.4, -0.2) is 18.5 Å². The molecule has 0 bridgehead atoms. The van der Waals surface area contributed by atoms with Crippen LogP contribution in [0.15, 0.2) is 0 Å². The highest BCUT2D eigenvalue weighted by Gasteiger charge is 2.14. The van der Waals surface area contributed by atoms with Crippen molar-refractivity contribution < 1.29 is 14.5 Å². The molecule has 0 rings (SSSR count). The van der Waals surface area contributed by atoms with Gasteiger partial charge in [0.15, 0.2) is 6.29 Å². The third-order valence-electron chi connectivity index (χ3n) is 1.10. The zero-order valence-corrected chi connectivity index (χ0v) is 9.59. The van der Waals surface area contributed by atoms with Gasteiger partial charge in [-0.2, -0.15) is 0 Å². The molecule has 1 atom stereocenters. The predicted molar refractivity (Wildman–Crippen MR) is 52.2 cm³/mol. The van der Waals surface area contributed by atoms with Crippen LogP contribution < -0.4 is 0 Å². The fraction of sp³-hybridized carbons (Fsp3) is 1.00. The summed E-state index contributed by atoms with van der Waals surface area (Å²) in [6, 6.07) is 0. The molecule has 0 N–H and O–H groups in total. The van der Waals surface area contributed by atoms with Gasteiger partial charge in [0.25, 0.3) is 0 Å². The van der Waals surface area contributed by atoms with Gasteiger partial charge in [-0.05, 0) is 33.6 Å². The van der Waals surface area contributed by atoms with Crippen LogP contribution in [0.4, 0.5) is 0 Å². The maximum atomic E-state index is 5.35. The zero-order valence-electron chi connectivity index (χ0n) is 9.59. The van der Waals surface area contributed by atoms with E-state index in [9.17, 15) is 0 Å². The molecule has 0 aliphatic carbocycles. The van der Waals surface area contributed by atoms with Crippen molar-refractivity contribution in [3.8, 4) is 0 Å². The summed E-state index contributed by atoms with van der Waals surface area (Å²) in [5.41, 5.74) is -0.282. The molecular weight excluding hydrogens is 168 g/mol. The lowest BCUT2D eigenvalue weighted by Gasteiger charge is -2.21. The molecule has 0 aliphatic rings. The van der Waals surface area contributed by atoms with E-state index >= 15 is 0 Å². The van der Waals surface area contributed by atoms with E-state index in [1.54, 1.807) is 0 Å². The molecule has 3 nitrogen and oxygen atoms in total. The van der Waals surface area contributed by atoms with E-state index in [1.807, 2.05) is 27.7 Å². The van der Waals surface area contributed by atoms with Crippen molar-refractivity contribution in [1.29, 1.82) is 0 Å². The van der Waals surface area contributed by atoms with Crippen LogP contribution in [0.5, 0.6) is 0 Å².